The Balaban J connectivity index is 2.44. The normalized spacial score (nSPS) is 12.4. The number of hydrogen-bond donors (Lipinski definition) is 1. The van der Waals surface area contributed by atoms with Crippen LogP contribution in [0.1, 0.15) is 36.1 Å². The number of benzene rings is 2. The predicted octanol–water partition coefficient (Wildman–Crippen LogP) is 4.36. The van der Waals surface area contributed by atoms with Crippen LogP contribution in [-0.4, -0.2) is 6.54 Å². The van der Waals surface area contributed by atoms with Crippen LogP contribution >= 0.6 is 0 Å². The van der Waals surface area contributed by atoms with Gasteiger partial charge < -0.3 is 5.32 Å². The van der Waals surface area contributed by atoms with Gasteiger partial charge in [0, 0.05) is 5.56 Å². The smallest absolute Gasteiger partial charge is 0.128 e. The molecule has 0 fully saturated rings. The summed E-state index contributed by atoms with van der Waals surface area (Å²) in [5, 5.41) is 3.29. The van der Waals surface area contributed by atoms with E-state index in [1.165, 1.54) is 18.2 Å². The highest BCUT2D eigenvalue weighted by atomic mass is 19.1. The lowest BCUT2D eigenvalue weighted by Gasteiger charge is -2.20. The number of nitrogens with one attached hydrogen (secondary N) is 1. The first-order valence-corrected chi connectivity index (χ1v) is 6.86. The van der Waals surface area contributed by atoms with E-state index in [4.69, 9.17) is 0 Å². The van der Waals surface area contributed by atoms with E-state index in [9.17, 15) is 8.78 Å². The summed E-state index contributed by atoms with van der Waals surface area (Å²) < 4.78 is 27.5. The molecule has 0 heterocycles. The fraction of sp³-hybridized carbons (Fsp3) is 0.294. The molecule has 0 aliphatic heterocycles. The van der Waals surface area contributed by atoms with Crippen molar-refractivity contribution in [2.24, 2.45) is 0 Å². The maximum Gasteiger partial charge on any atom is 0.128 e. The Kier molecular flexibility index (Phi) is 4.85. The average Bonchev–Trinajstić information content (AvgIpc) is 2.43. The molecule has 1 atom stereocenters. The van der Waals surface area contributed by atoms with Gasteiger partial charge in [0.2, 0.25) is 0 Å². The van der Waals surface area contributed by atoms with E-state index in [2.05, 4.69) is 5.32 Å². The molecule has 20 heavy (non-hydrogen) atoms. The lowest BCUT2D eigenvalue weighted by Crippen LogP contribution is -2.24. The molecule has 0 saturated heterocycles. The van der Waals surface area contributed by atoms with E-state index in [1.54, 1.807) is 12.1 Å². The Morgan fingerprint density at radius 2 is 1.90 bits per heavy atom. The third kappa shape index (κ3) is 3.42. The molecule has 0 bridgehead atoms. The summed E-state index contributed by atoms with van der Waals surface area (Å²) in [6.45, 7) is 4.71. The molecule has 3 heteroatoms. The highest BCUT2D eigenvalue weighted by Crippen LogP contribution is 2.26. The summed E-state index contributed by atoms with van der Waals surface area (Å²) in [6.07, 6.45) is 0.930. The van der Waals surface area contributed by atoms with E-state index in [0.717, 1.165) is 24.1 Å². The van der Waals surface area contributed by atoms with Gasteiger partial charge in [0.05, 0.1) is 6.04 Å². The van der Waals surface area contributed by atoms with Crippen LogP contribution in [0.4, 0.5) is 8.78 Å². The van der Waals surface area contributed by atoms with E-state index in [0.29, 0.717) is 5.56 Å². The van der Waals surface area contributed by atoms with Crippen molar-refractivity contribution in [2.45, 2.75) is 26.3 Å². The first-order chi connectivity index (χ1) is 9.61. The first kappa shape index (κ1) is 14.7. The van der Waals surface area contributed by atoms with Gasteiger partial charge >= 0.3 is 0 Å². The number of aryl methyl sites for hydroxylation is 1. The second kappa shape index (κ2) is 6.62. The molecule has 0 aromatic heterocycles. The van der Waals surface area contributed by atoms with Crippen molar-refractivity contribution in [1.82, 2.24) is 5.32 Å². The predicted molar refractivity (Wildman–Crippen MR) is 77.7 cm³/mol. The topological polar surface area (TPSA) is 12.0 Å². The van der Waals surface area contributed by atoms with E-state index >= 15 is 0 Å². The fourth-order valence-corrected chi connectivity index (χ4v) is 2.27. The van der Waals surface area contributed by atoms with Gasteiger partial charge in [0.1, 0.15) is 11.6 Å². The highest BCUT2D eigenvalue weighted by molar-refractivity contribution is 5.35. The van der Waals surface area contributed by atoms with E-state index < -0.39 is 0 Å². The van der Waals surface area contributed by atoms with Gasteiger partial charge in [-0.3, -0.25) is 0 Å². The Labute approximate surface area is 118 Å². The van der Waals surface area contributed by atoms with Gasteiger partial charge in [-0.1, -0.05) is 36.8 Å². The number of hydrogen-bond acceptors (Lipinski definition) is 1. The lowest BCUT2D eigenvalue weighted by atomic mass is 9.96. The molecule has 0 saturated carbocycles. The molecular formula is C17H19F2N. The Hall–Kier alpha value is -1.74. The van der Waals surface area contributed by atoms with Crippen LogP contribution in [0.25, 0.3) is 0 Å². The summed E-state index contributed by atoms with van der Waals surface area (Å²) in [7, 11) is 0. The molecule has 1 nitrogen and oxygen atoms in total. The highest BCUT2D eigenvalue weighted by Gasteiger charge is 2.17. The molecule has 2 aromatic rings. The number of rotatable bonds is 5. The van der Waals surface area contributed by atoms with E-state index in [1.807, 2.05) is 26.0 Å². The molecule has 1 N–H and O–H groups in total. The van der Waals surface area contributed by atoms with Crippen molar-refractivity contribution in [2.75, 3.05) is 6.54 Å². The average molecular weight is 275 g/mol. The maximum absolute atomic E-state index is 14.1. The van der Waals surface area contributed by atoms with Crippen molar-refractivity contribution < 1.29 is 8.78 Å². The van der Waals surface area contributed by atoms with Gasteiger partial charge in [0.25, 0.3) is 0 Å². The Bertz CT molecular complexity index is 581. The fourth-order valence-electron chi connectivity index (χ4n) is 2.27. The lowest BCUT2D eigenvalue weighted by molar-refractivity contribution is 0.542. The Morgan fingerprint density at radius 1 is 1.10 bits per heavy atom. The van der Waals surface area contributed by atoms with Gasteiger partial charge in [-0.2, -0.15) is 0 Å². The van der Waals surface area contributed by atoms with Gasteiger partial charge in [-0.05, 0) is 43.7 Å². The Morgan fingerprint density at radius 3 is 2.60 bits per heavy atom. The number of halogens is 2. The van der Waals surface area contributed by atoms with Gasteiger partial charge in [-0.15, -0.1) is 0 Å². The molecule has 2 aromatic carbocycles. The van der Waals surface area contributed by atoms with Crippen LogP contribution in [0, 0.1) is 18.6 Å². The molecule has 0 aliphatic carbocycles. The molecule has 106 valence electrons. The summed E-state index contributed by atoms with van der Waals surface area (Å²) in [5.74, 6) is -0.577. The van der Waals surface area contributed by atoms with Gasteiger partial charge in [0.15, 0.2) is 0 Å². The summed E-state index contributed by atoms with van der Waals surface area (Å²) in [6, 6.07) is 11.0. The van der Waals surface area contributed by atoms with Crippen LogP contribution < -0.4 is 5.32 Å². The minimum atomic E-state index is -0.328. The summed E-state index contributed by atoms with van der Waals surface area (Å²) in [4.78, 5) is 0. The standard InChI is InChI=1S/C17H19F2N/c1-3-9-20-17(13-5-4-6-14(18)11-13)15-10-12(2)7-8-16(15)19/h4-8,10-11,17,20H,3,9H2,1-2H3. The zero-order valence-corrected chi connectivity index (χ0v) is 11.8. The van der Waals surface area contributed by atoms with Crippen molar-refractivity contribution >= 4 is 0 Å². The minimum Gasteiger partial charge on any atom is -0.306 e. The van der Waals surface area contributed by atoms with Gasteiger partial charge in [-0.25, -0.2) is 8.78 Å². The summed E-state index contributed by atoms with van der Waals surface area (Å²) >= 11 is 0. The van der Waals surface area contributed by atoms with E-state index in [-0.39, 0.29) is 17.7 Å². The quantitative estimate of drug-likeness (QED) is 0.854. The maximum atomic E-state index is 14.1. The monoisotopic (exact) mass is 275 g/mol. The molecule has 0 amide bonds. The second-order valence-electron chi connectivity index (χ2n) is 4.97. The molecule has 1 unspecified atom stereocenters. The zero-order chi connectivity index (χ0) is 14.5. The van der Waals surface area contributed by atoms with Crippen LogP contribution in [0.2, 0.25) is 0 Å². The molecule has 2 rings (SSSR count). The minimum absolute atomic E-state index is 0.270. The largest absolute Gasteiger partial charge is 0.306 e. The molecule has 0 spiro atoms. The van der Waals surface area contributed by atoms with Crippen LogP contribution in [0.15, 0.2) is 42.5 Å². The van der Waals surface area contributed by atoms with Crippen molar-refractivity contribution in [3.8, 4) is 0 Å². The second-order valence-corrected chi connectivity index (χ2v) is 4.97. The van der Waals surface area contributed by atoms with Crippen molar-refractivity contribution in [3.05, 3.63) is 70.8 Å². The zero-order valence-electron chi connectivity index (χ0n) is 11.8. The van der Waals surface area contributed by atoms with Crippen LogP contribution in [0.3, 0.4) is 0 Å². The molecular weight excluding hydrogens is 256 g/mol. The van der Waals surface area contributed by atoms with Crippen LogP contribution in [-0.2, 0) is 0 Å². The first-order valence-electron chi connectivity index (χ1n) is 6.86. The SMILES string of the molecule is CCCNC(c1cccc(F)c1)c1cc(C)ccc1F. The third-order valence-corrected chi connectivity index (χ3v) is 3.24. The molecule has 0 radical (unpaired) electrons. The third-order valence-electron chi connectivity index (χ3n) is 3.24. The van der Waals surface area contributed by atoms with Crippen molar-refractivity contribution in [1.29, 1.82) is 0 Å². The van der Waals surface area contributed by atoms with Crippen molar-refractivity contribution in [3.63, 3.8) is 0 Å². The molecule has 0 aliphatic rings. The summed E-state index contributed by atoms with van der Waals surface area (Å²) in [5.41, 5.74) is 2.29. The van der Waals surface area contributed by atoms with Crippen LogP contribution in [0.5, 0.6) is 0 Å².